The van der Waals surface area contributed by atoms with Gasteiger partial charge in [0.1, 0.15) is 0 Å². The lowest BCUT2D eigenvalue weighted by molar-refractivity contribution is -0.156. The first kappa shape index (κ1) is 19.2. The number of esters is 1. The molecule has 2 rings (SSSR count). The highest BCUT2D eigenvalue weighted by Gasteiger charge is 2.30. The number of nitrogens with zero attached hydrogens (tertiary/aromatic N) is 1. The van der Waals surface area contributed by atoms with Gasteiger partial charge < -0.3 is 14.4 Å². The fraction of sp³-hybridized carbons (Fsp3) is 0.333. The van der Waals surface area contributed by atoms with Crippen molar-refractivity contribution in [2.75, 3.05) is 7.11 Å². The lowest BCUT2D eigenvalue weighted by Gasteiger charge is -2.32. The first-order valence-corrected chi connectivity index (χ1v) is 7.97. The molecule has 0 unspecified atom stereocenters. The number of methoxy groups -OCH3 is 1. The molecule has 0 saturated heterocycles. The molecule has 0 radical (unpaired) electrons. The summed E-state index contributed by atoms with van der Waals surface area (Å²) in [5, 5.41) is 1.93. The largest absolute Gasteiger partial charge is 0.453 e. The zero-order valence-corrected chi connectivity index (χ0v) is 14.7. The lowest BCUT2D eigenvalue weighted by Crippen LogP contribution is -2.40. The van der Waals surface area contributed by atoms with Crippen LogP contribution in [0.25, 0.3) is 6.08 Å². The van der Waals surface area contributed by atoms with Crippen LogP contribution in [-0.4, -0.2) is 42.0 Å². The maximum absolute atomic E-state index is 12.3. The molecule has 138 valence electrons. The number of carbonyl (C=O) groups excluding carboxylic acids is 4. The molecule has 0 bridgehead atoms. The molecule has 1 aliphatic heterocycles. The molecule has 0 saturated carbocycles. The molecule has 0 spiro atoms. The van der Waals surface area contributed by atoms with Gasteiger partial charge in [-0.15, -0.1) is 0 Å². The maximum atomic E-state index is 12.3. The summed E-state index contributed by atoms with van der Waals surface area (Å²) in [4.78, 5) is 48.4. The Morgan fingerprint density at radius 2 is 1.92 bits per heavy atom. The summed E-state index contributed by atoms with van der Waals surface area (Å²) in [7, 11) is 1.11. The van der Waals surface area contributed by atoms with Crippen molar-refractivity contribution in [2.45, 2.75) is 32.4 Å². The van der Waals surface area contributed by atoms with Crippen molar-refractivity contribution >= 4 is 30.0 Å². The number of hydrogen-bond acceptors (Lipinski definition) is 6. The van der Waals surface area contributed by atoms with Crippen LogP contribution >= 0.6 is 0 Å². The second-order valence-corrected chi connectivity index (χ2v) is 5.70. The topological polar surface area (TPSA) is 102 Å². The Morgan fingerprint density at radius 3 is 2.58 bits per heavy atom. The molecular weight excluding hydrogens is 340 g/mol. The van der Waals surface area contributed by atoms with E-state index in [9.17, 15) is 19.2 Å². The maximum Gasteiger partial charge on any atom is 0.413 e. The quantitative estimate of drug-likeness (QED) is 0.821. The van der Waals surface area contributed by atoms with Gasteiger partial charge in [0.05, 0.1) is 19.6 Å². The average molecular weight is 360 g/mol. The Balaban J connectivity index is 2.08. The van der Waals surface area contributed by atoms with Crippen LogP contribution in [-0.2, 0) is 23.9 Å². The zero-order chi connectivity index (χ0) is 19.3. The SMILES string of the molecule is COC(=O)NC(=O)[C@H](C)OC(=O)C[C@@H]1c2ccccc2C=CN1C(C)=O. The molecule has 8 nitrogen and oxygen atoms in total. The number of hydrogen-bond donors (Lipinski definition) is 1. The Labute approximate surface area is 150 Å². The van der Waals surface area contributed by atoms with Crippen molar-refractivity contribution in [1.29, 1.82) is 0 Å². The minimum absolute atomic E-state index is 0.128. The molecule has 8 heteroatoms. The minimum atomic E-state index is -1.18. The number of imide groups is 1. The van der Waals surface area contributed by atoms with E-state index in [4.69, 9.17) is 4.74 Å². The highest BCUT2D eigenvalue weighted by atomic mass is 16.6. The molecular formula is C18H20N2O6. The van der Waals surface area contributed by atoms with E-state index >= 15 is 0 Å². The van der Waals surface area contributed by atoms with Gasteiger partial charge in [-0.05, 0) is 24.1 Å². The summed E-state index contributed by atoms with van der Waals surface area (Å²) >= 11 is 0. The van der Waals surface area contributed by atoms with Crippen molar-refractivity contribution in [3.05, 3.63) is 41.6 Å². The summed E-state index contributed by atoms with van der Waals surface area (Å²) in [6.07, 6.45) is 1.17. The Bertz CT molecular complexity index is 758. The fourth-order valence-corrected chi connectivity index (χ4v) is 2.62. The lowest BCUT2D eigenvalue weighted by atomic mass is 9.94. The highest BCUT2D eigenvalue weighted by Crippen LogP contribution is 2.33. The third kappa shape index (κ3) is 4.47. The molecule has 1 aromatic carbocycles. The van der Waals surface area contributed by atoms with Gasteiger partial charge in [0.25, 0.3) is 5.91 Å². The van der Waals surface area contributed by atoms with Crippen LogP contribution in [0.15, 0.2) is 30.5 Å². The second kappa shape index (κ2) is 8.28. The number of nitrogens with one attached hydrogen (secondary N) is 1. The van der Waals surface area contributed by atoms with E-state index < -0.39 is 30.1 Å². The van der Waals surface area contributed by atoms with E-state index in [2.05, 4.69) is 4.74 Å². The van der Waals surface area contributed by atoms with E-state index in [1.54, 1.807) is 12.3 Å². The van der Waals surface area contributed by atoms with Gasteiger partial charge in [-0.2, -0.15) is 0 Å². The summed E-state index contributed by atoms with van der Waals surface area (Å²) in [5.41, 5.74) is 1.72. The molecule has 1 aromatic rings. The predicted octanol–water partition coefficient (Wildman–Crippen LogP) is 1.76. The number of fused-ring (bicyclic) bond motifs is 1. The number of benzene rings is 1. The van der Waals surface area contributed by atoms with Crippen LogP contribution in [0, 0.1) is 0 Å². The first-order valence-electron chi connectivity index (χ1n) is 7.97. The standard InChI is InChI=1S/C18H20N2O6/c1-11(17(23)19-18(24)25-3)26-16(22)10-15-14-7-5-4-6-13(14)8-9-20(15)12(2)21/h4-9,11,15H,10H2,1-3H3,(H,19,23,24)/t11-,15+/m0/s1. The van der Waals surface area contributed by atoms with Crippen LogP contribution in [0.1, 0.15) is 37.4 Å². The number of amides is 3. The van der Waals surface area contributed by atoms with E-state index in [0.717, 1.165) is 18.2 Å². The third-order valence-corrected chi connectivity index (χ3v) is 3.92. The molecule has 0 aromatic heterocycles. The van der Waals surface area contributed by atoms with Gasteiger partial charge >= 0.3 is 12.1 Å². The van der Waals surface area contributed by atoms with Crippen LogP contribution in [0.2, 0.25) is 0 Å². The van der Waals surface area contributed by atoms with Crippen LogP contribution in [0.3, 0.4) is 0 Å². The van der Waals surface area contributed by atoms with Gasteiger partial charge in [-0.25, -0.2) is 4.79 Å². The minimum Gasteiger partial charge on any atom is -0.453 e. The predicted molar refractivity (Wildman–Crippen MR) is 91.5 cm³/mol. The summed E-state index contributed by atoms with van der Waals surface area (Å²) < 4.78 is 9.40. The smallest absolute Gasteiger partial charge is 0.413 e. The van der Waals surface area contributed by atoms with Gasteiger partial charge in [-0.1, -0.05) is 24.3 Å². The third-order valence-electron chi connectivity index (χ3n) is 3.92. The van der Waals surface area contributed by atoms with Crippen LogP contribution in [0.5, 0.6) is 0 Å². The number of carbonyl (C=O) groups is 4. The molecule has 3 amide bonds. The normalized spacial score (nSPS) is 16.3. The number of alkyl carbamates (subject to hydrolysis) is 1. The highest BCUT2D eigenvalue weighted by molar-refractivity contribution is 5.95. The van der Waals surface area contributed by atoms with Crippen molar-refractivity contribution in [3.63, 3.8) is 0 Å². The summed E-state index contributed by atoms with van der Waals surface area (Å²) in [5.74, 6) is -1.68. The van der Waals surface area contributed by atoms with Crippen LogP contribution in [0.4, 0.5) is 4.79 Å². The van der Waals surface area contributed by atoms with E-state index in [-0.39, 0.29) is 12.3 Å². The molecule has 1 aliphatic rings. The summed E-state index contributed by atoms with van der Waals surface area (Å²) in [6, 6.07) is 6.87. The molecule has 1 N–H and O–H groups in total. The monoisotopic (exact) mass is 360 g/mol. The van der Waals surface area contributed by atoms with Gasteiger partial charge in [0.2, 0.25) is 5.91 Å². The van der Waals surface area contributed by atoms with E-state index in [0.29, 0.717) is 0 Å². The molecule has 0 aliphatic carbocycles. The zero-order valence-electron chi connectivity index (χ0n) is 14.7. The molecule has 0 fully saturated rings. The molecule has 26 heavy (non-hydrogen) atoms. The van der Waals surface area contributed by atoms with E-state index in [1.807, 2.05) is 29.6 Å². The van der Waals surface area contributed by atoms with Crippen molar-refractivity contribution in [3.8, 4) is 0 Å². The van der Waals surface area contributed by atoms with Gasteiger partial charge in [0.15, 0.2) is 6.10 Å². The van der Waals surface area contributed by atoms with Crippen LogP contribution < -0.4 is 5.32 Å². The Kier molecular flexibility index (Phi) is 6.11. The van der Waals surface area contributed by atoms with Crippen molar-refractivity contribution < 1.29 is 28.7 Å². The molecule has 2 atom stereocenters. The summed E-state index contributed by atoms with van der Waals surface area (Å²) in [6.45, 7) is 2.75. The number of rotatable bonds is 4. The van der Waals surface area contributed by atoms with Gasteiger partial charge in [0, 0.05) is 13.1 Å². The molecule has 1 heterocycles. The van der Waals surface area contributed by atoms with Crippen molar-refractivity contribution in [2.24, 2.45) is 0 Å². The Morgan fingerprint density at radius 1 is 1.23 bits per heavy atom. The first-order chi connectivity index (χ1) is 12.3. The second-order valence-electron chi connectivity index (χ2n) is 5.70. The van der Waals surface area contributed by atoms with Crippen molar-refractivity contribution in [1.82, 2.24) is 10.2 Å². The van der Waals surface area contributed by atoms with E-state index in [1.165, 1.54) is 18.7 Å². The fourth-order valence-electron chi connectivity index (χ4n) is 2.62. The van der Waals surface area contributed by atoms with Gasteiger partial charge in [-0.3, -0.25) is 19.7 Å². The Hall–Kier alpha value is -3.16. The number of ether oxygens (including phenoxy) is 2. The average Bonchev–Trinajstić information content (AvgIpc) is 2.61.